The van der Waals surface area contributed by atoms with Crippen LogP contribution in [-0.4, -0.2) is 17.1 Å². The Balaban J connectivity index is 2.47. The van der Waals surface area contributed by atoms with Gasteiger partial charge in [-0.2, -0.15) is 0 Å². The molecule has 0 saturated heterocycles. The lowest BCUT2D eigenvalue weighted by molar-refractivity contribution is 0.0513. The average molecular weight is 223 g/mol. The maximum absolute atomic E-state index is 11.6. The van der Waals surface area contributed by atoms with Crippen LogP contribution in [0, 0.1) is 0 Å². The van der Waals surface area contributed by atoms with E-state index < -0.39 is 0 Å². The molecule has 0 fully saturated rings. The van der Waals surface area contributed by atoms with Gasteiger partial charge in [-0.05, 0) is 25.5 Å². The largest absolute Gasteiger partial charge is 0.461 e. The summed E-state index contributed by atoms with van der Waals surface area (Å²) in [7, 11) is 0. The van der Waals surface area contributed by atoms with Crippen molar-refractivity contribution in [3.05, 3.63) is 24.0 Å². The minimum atomic E-state index is -0.219. The summed E-state index contributed by atoms with van der Waals surface area (Å²) in [5.41, 5.74) is 0.665. The van der Waals surface area contributed by atoms with Gasteiger partial charge >= 0.3 is 5.97 Å². The highest BCUT2D eigenvalue weighted by molar-refractivity contribution is 5.87. The van der Waals surface area contributed by atoms with Crippen molar-refractivity contribution in [1.82, 2.24) is 4.57 Å². The number of ether oxygens (including phenoxy) is 1. The van der Waals surface area contributed by atoms with Crippen LogP contribution in [0.3, 0.4) is 0 Å². The van der Waals surface area contributed by atoms with Gasteiger partial charge in [0.05, 0.1) is 6.61 Å². The van der Waals surface area contributed by atoms with Crippen LogP contribution >= 0.6 is 0 Å². The number of unbranched alkanes of at least 4 members (excludes halogenated alkanes) is 3. The monoisotopic (exact) mass is 223 g/mol. The fourth-order valence-corrected chi connectivity index (χ4v) is 1.71. The molecule has 1 rings (SSSR count). The van der Waals surface area contributed by atoms with E-state index in [1.165, 1.54) is 19.3 Å². The van der Waals surface area contributed by atoms with Crippen molar-refractivity contribution in [3.8, 4) is 0 Å². The molecule has 0 N–H and O–H groups in total. The van der Waals surface area contributed by atoms with Crippen molar-refractivity contribution in [3.63, 3.8) is 0 Å². The number of aromatic nitrogens is 1. The highest BCUT2D eigenvalue weighted by Gasteiger charge is 2.10. The van der Waals surface area contributed by atoms with Crippen LogP contribution in [0.25, 0.3) is 0 Å². The third-order valence-electron chi connectivity index (χ3n) is 2.57. The van der Waals surface area contributed by atoms with Crippen LogP contribution in [0.5, 0.6) is 0 Å². The minimum Gasteiger partial charge on any atom is -0.461 e. The zero-order valence-corrected chi connectivity index (χ0v) is 10.2. The van der Waals surface area contributed by atoms with E-state index in [-0.39, 0.29) is 5.97 Å². The van der Waals surface area contributed by atoms with E-state index in [2.05, 4.69) is 6.92 Å². The fourth-order valence-electron chi connectivity index (χ4n) is 1.71. The highest BCUT2D eigenvalue weighted by Crippen LogP contribution is 2.08. The first-order valence-electron chi connectivity index (χ1n) is 6.11. The standard InChI is InChI=1S/C13H21NO2/c1-3-5-6-7-10-14-11-8-9-12(14)13(15)16-4-2/h8-9,11H,3-7,10H2,1-2H3. The van der Waals surface area contributed by atoms with Gasteiger partial charge in [0.25, 0.3) is 0 Å². The molecule has 0 aliphatic rings. The number of hydrogen-bond donors (Lipinski definition) is 0. The summed E-state index contributed by atoms with van der Waals surface area (Å²) in [4.78, 5) is 11.6. The zero-order valence-electron chi connectivity index (χ0n) is 10.2. The van der Waals surface area contributed by atoms with Gasteiger partial charge in [-0.15, -0.1) is 0 Å². The molecule has 0 saturated carbocycles. The first-order valence-corrected chi connectivity index (χ1v) is 6.11. The topological polar surface area (TPSA) is 31.2 Å². The number of esters is 1. The second-order valence-corrected chi connectivity index (χ2v) is 3.87. The van der Waals surface area contributed by atoms with Gasteiger partial charge < -0.3 is 9.30 Å². The molecule has 0 aromatic carbocycles. The van der Waals surface area contributed by atoms with E-state index in [0.29, 0.717) is 12.3 Å². The van der Waals surface area contributed by atoms with Gasteiger partial charge in [0.15, 0.2) is 0 Å². The second kappa shape index (κ2) is 7.09. The summed E-state index contributed by atoms with van der Waals surface area (Å²) < 4.78 is 6.97. The van der Waals surface area contributed by atoms with E-state index in [1.807, 2.05) is 29.8 Å². The van der Waals surface area contributed by atoms with Crippen LogP contribution in [0.2, 0.25) is 0 Å². The summed E-state index contributed by atoms with van der Waals surface area (Å²) in [5.74, 6) is -0.219. The van der Waals surface area contributed by atoms with E-state index >= 15 is 0 Å². The molecule has 0 aliphatic carbocycles. The van der Waals surface area contributed by atoms with Crippen LogP contribution < -0.4 is 0 Å². The van der Waals surface area contributed by atoms with E-state index in [4.69, 9.17) is 4.74 Å². The third-order valence-corrected chi connectivity index (χ3v) is 2.57. The Kier molecular flexibility index (Phi) is 5.68. The number of hydrogen-bond acceptors (Lipinski definition) is 2. The van der Waals surface area contributed by atoms with Gasteiger partial charge in [0.1, 0.15) is 5.69 Å². The molecule has 0 bridgehead atoms. The Morgan fingerprint density at radius 1 is 1.31 bits per heavy atom. The molecule has 1 aromatic heterocycles. The predicted octanol–water partition coefficient (Wildman–Crippen LogP) is 3.25. The quantitative estimate of drug-likeness (QED) is 0.525. The lowest BCUT2D eigenvalue weighted by atomic mass is 10.2. The third kappa shape index (κ3) is 3.72. The number of carbonyl (C=O) groups is 1. The molecule has 90 valence electrons. The molecule has 0 spiro atoms. The summed E-state index contributed by atoms with van der Waals surface area (Å²) in [5, 5.41) is 0. The van der Waals surface area contributed by atoms with Crippen LogP contribution in [0.1, 0.15) is 50.0 Å². The van der Waals surface area contributed by atoms with Crippen LogP contribution in [0.4, 0.5) is 0 Å². The lowest BCUT2D eigenvalue weighted by Gasteiger charge is -2.08. The number of nitrogens with zero attached hydrogens (tertiary/aromatic N) is 1. The Bertz CT molecular complexity index is 317. The fraction of sp³-hybridized carbons (Fsp3) is 0.615. The molecule has 0 atom stereocenters. The molecular formula is C13H21NO2. The number of carbonyl (C=O) groups excluding carboxylic acids is 1. The summed E-state index contributed by atoms with van der Waals surface area (Å²) in [6, 6.07) is 3.71. The van der Waals surface area contributed by atoms with Crippen molar-refractivity contribution in [2.75, 3.05) is 6.61 Å². The molecule has 0 unspecified atom stereocenters. The Labute approximate surface area is 97.4 Å². The van der Waals surface area contributed by atoms with Crippen LogP contribution in [0.15, 0.2) is 18.3 Å². The van der Waals surface area contributed by atoms with E-state index in [0.717, 1.165) is 13.0 Å². The summed E-state index contributed by atoms with van der Waals surface area (Å²) in [6.07, 6.45) is 6.77. The van der Waals surface area contributed by atoms with Gasteiger partial charge in [-0.25, -0.2) is 4.79 Å². The van der Waals surface area contributed by atoms with E-state index in [1.54, 1.807) is 0 Å². The van der Waals surface area contributed by atoms with Gasteiger partial charge in [0.2, 0.25) is 0 Å². The number of aryl methyl sites for hydroxylation is 1. The first-order chi connectivity index (χ1) is 7.79. The van der Waals surface area contributed by atoms with Crippen LogP contribution in [-0.2, 0) is 11.3 Å². The molecular weight excluding hydrogens is 202 g/mol. The molecule has 16 heavy (non-hydrogen) atoms. The summed E-state index contributed by atoms with van der Waals surface area (Å²) >= 11 is 0. The maximum atomic E-state index is 11.6. The number of rotatable bonds is 7. The van der Waals surface area contributed by atoms with Crippen molar-refractivity contribution < 1.29 is 9.53 Å². The molecule has 0 amide bonds. The van der Waals surface area contributed by atoms with Crippen molar-refractivity contribution in [1.29, 1.82) is 0 Å². The van der Waals surface area contributed by atoms with Gasteiger partial charge in [-0.3, -0.25) is 0 Å². The maximum Gasteiger partial charge on any atom is 0.354 e. The zero-order chi connectivity index (χ0) is 11.8. The van der Waals surface area contributed by atoms with Crippen molar-refractivity contribution in [2.24, 2.45) is 0 Å². The molecule has 0 radical (unpaired) electrons. The second-order valence-electron chi connectivity index (χ2n) is 3.87. The van der Waals surface area contributed by atoms with Crippen molar-refractivity contribution in [2.45, 2.75) is 46.1 Å². The Morgan fingerprint density at radius 2 is 2.12 bits per heavy atom. The van der Waals surface area contributed by atoms with Gasteiger partial charge in [-0.1, -0.05) is 26.2 Å². The van der Waals surface area contributed by atoms with Gasteiger partial charge in [0, 0.05) is 12.7 Å². The molecule has 3 nitrogen and oxygen atoms in total. The van der Waals surface area contributed by atoms with Crippen molar-refractivity contribution >= 4 is 5.97 Å². The first kappa shape index (κ1) is 12.8. The Morgan fingerprint density at radius 3 is 2.81 bits per heavy atom. The lowest BCUT2D eigenvalue weighted by Crippen LogP contribution is -2.11. The normalized spacial score (nSPS) is 10.4. The highest BCUT2D eigenvalue weighted by atomic mass is 16.5. The molecule has 0 aliphatic heterocycles. The molecule has 1 heterocycles. The molecule has 3 heteroatoms. The predicted molar refractivity (Wildman–Crippen MR) is 64.5 cm³/mol. The minimum absolute atomic E-state index is 0.219. The average Bonchev–Trinajstić information content (AvgIpc) is 2.73. The van der Waals surface area contributed by atoms with E-state index in [9.17, 15) is 4.79 Å². The molecule has 1 aromatic rings. The summed E-state index contributed by atoms with van der Waals surface area (Å²) in [6.45, 7) is 5.35. The Hall–Kier alpha value is -1.25. The smallest absolute Gasteiger partial charge is 0.354 e. The SMILES string of the molecule is CCCCCCn1cccc1C(=O)OCC.